The van der Waals surface area contributed by atoms with Gasteiger partial charge >= 0.3 is 5.97 Å². The van der Waals surface area contributed by atoms with Crippen LogP contribution in [0.15, 0.2) is 11.6 Å². The molecule has 0 saturated carbocycles. The number of carbonyl (C=O) groups is 1. The molecule has 0 aliphatic heterocycles. The van der Waals surface area contributed by atoms with E-state index in [1.165, 1.54) is 0 Å². The summed E-state index contributed by atoms with van der Waals surface area (Å²) < 4.78 is 16.6. The van der Waals surface area contributed by atoms with Crippen LogP contribution in [0.4, 0.5) is 0 Å². The molecule has 0 unspecified atom stereocenters. The minimum atomic E-state index is -1.52. The van der Waals surface area contributed by atoms with Crippen LogP contribution in [0.25, 0.3) is 0 Å². The summed E-state index contributed by atoms with van der Waals surface area (Å²) in [5.74, 6) is -0.250. The van der Waals surface area contributed by atoms with Crippen molar-refractivity contribution in [3.05, 3.63) is 11.6 Å². The molecule has 0 bridgehead atoms. The van der Waals surface area contributed by atoms with Crippen molar-refractivity contribution in [3.63, 3.8) is 0 Å². The zero-order chi connectivity index (χ0) is 16.5. The van der Waals surface area contributed by atoms with Gasteiger partial charge in [-0.2, -0.15) is 0 Å². The van der Waals surface area contributed by atoms with E-state index in [4.69, 9.17) is 13.6 Å². The lowest BCUT2D eigenvalue weighted by Gasteiger charge is -2.17. The Morgan fingerprint density at radius 2 is 1.43 bits per heavy atom. The smallest absolute Gasteiger partial charge is 0.333 e. The predicted molar refractivity (Wildman–Crippen MR) is 92.5 cm³/mol. The molecule has 4 nitrogen and oxygen atoms in total. The SMILES string of the molecule is CC(=CCCCO[Si](C)(C)C)C(=O)OCCO[Si](C)(C)C. The first-order valence-electron chi connectivity index (χ1n) is 7.63. The molecule has 0 aliphatic rings. The highest BCUT2D eigenvalue weighted by Crippen LogP contribution is 2.06. The molecule has 0 saturated heterocycles. The molecule has 0 aromatic carbocycles. The Kier molecular flexibility index (Phi) is 9.36. The second-order valence-corrected chi connectivity index (χ2v) is 16.1. The van der Waals surface area contributed by atoms with Crippen LogP contribution >= 0.6 is 0 Å². The molecule has 0 aromatic rings. The second kappa shape index (κ2) is 9.55. The third-order valence-corrected chi connectivity index (χ3v) is 4.65. The van der Waals surface area contributed by atoms with Crippen LogP contribution in [-0.4, -0.2) is 42.4 Å². The number of ether oxygens (including phenoxy) is 1. The average molecular weight is 333 g/mol. The van der Waals surface area contributed by atoms with E-state index in [9.17, 15) is 4.79 Å². The third-order valence-electron chi connectivity index (χ3n) is 2.51. The van der Waals surface area contributed by atoms with E-state index >= 15 is 0 Å². The Hall–Kier alpha value is -0.436. The van der Waals surface area contributed by atoms with E-state index in [-0.39, 0.29) is 5.97 Å². The molecule has 0 aliphatic carbocycles. The Morgan fingerprint density at radius 1 is 0.905 bits per heavy atom. The number of unbranched alkanes of at least 4 members (excludes halogenated alkanes) is 1. The first kappa shape index (κ1) is 20.6. The molecule has 0 amide bonds. The summed E-state index contributed by atoms with van der Waals surface area (Å²) in [6.45, 7) is 16.2. The number of hydrogen-bond acceptors (Lipinski definition) is 4. The molecule has 0 aromatic heterocycles. The molecule has 0 fully saturated rings. The first-order valence-corrected chi connectivity index (χ1v) is 14.4. The Balaban J connectivity index is 3.80. The fourth-order valence-corrected chi connectivity index (χ4v) is 2.91. The lowest BCUT2D eigenvalue weighted by atomic mass is 10.2. The van der Waals surface area contributed by atoms with Crippen molar-refractivity contribution in [2.75, 3.05) is 19.8 Å². The highest BCUT2D eigenvalue weighted by Gasteiger charge is 2.14. The van der Waals surface area contributed by atoms with E-state index < -0.39 is 16.6 Å². The van der Waals surface area contributed by atoms with Gasteiger partial charge in [-0.25, -0.2) is 4.79 Å². The molecular weight excluding hydrogens is 300 g/mol. The maximum atomic E-state index is 11.7. The summed E-state index contributed by atoms with van der Waals surface area (Å²) >= 11 is 0. The van der Waals surface area contributed by atoms with Gasteiger partial charge in [0.15, 0.2) is 16.6 Å². The van der Waals surface area contributed by atoms with Crippen LogP contribution < -0.4 is 0 Å². The minimum absolute atomic E-state index is 0.250. The van der Waals surface area contributed by atoms with Crippen LogP contribution in [0, 0.1) is 0 Å². The number of hydrogen-bond donors (Lipinski definition) is 0. The highest BCUT2D eigenvalue weighted by molar-refractivity contribution is 6.70. The average Bonchev–Trinajstić information content (AvgIpc) is 2.31. The summed E-state index contributed by atoms with van der Waals surface area (Å²) in [4.78, 5) is 11.7. The molecular formula is C15H32O4Si2. The molecule has 0 spiro atoms. The van der Waals surface area contributed by atoms with Crippen molar-refractivity contribution < 1.29 is 18.4 Å². The number of allylic oxidation sites excluding steroid dienone is 1. The largest absolute Gasteiger partial charge is 0.460 e. The maximum Gasteiger partial charge on any atom is 0.333 e. The molecule has 0 radical (unpaired) electrons. The van der Waals surface area contributed by atoms with Crippen molar-refractivity contribution in [3.8, 4) is 0 Å². The Morgan fingerprint density at radius 3 is 1.95 bits per heavy atom. The monoisotopic (exact) mass is 332 g/mol. The fourth-order valence-electron chi connectivity index (χ4n) is 1.46. The number of carbonyl (C=O) groups excluding carboxylic acids is 1. The van der Waals surface area contributed by atoms with Crippen molar-refractivity contribution in [2.45, 2.75) is 59.0 Å². The van der Waals surface area contributed by atoms with Gasteiger partial charge in [-0.3, -0.25) is 0 Å². The van der Waals surface area contributed by atoms with E-state index in [1.54, 1.807) is 6.92 Å². The van der Waals surface area contributed by atoms with Crippen LogP contribution in [-0.2, 0) is 18.4 Å². The van der Waals surface area contributed by atoms with Crippen LogP contribution in [0.1, 0.15) is 19.8 Å². The Bertz CT molecular complexity index is 341. The Labute approximate surface area is 132 Å². The molecule has 0 N–H and O–H groups in total. The van der Waals surface area contributed by atoms with Crippen molar-refractivity contribution in [1.29, 1.82) is 0 Å². The normalized spacial score (nSPS) is 13.4. The number of rotatable bonds is 10. The van der Waals surface area contributed by atoms with Gasteiger partial charge in [0.1, 0.15) is 6.61 Å². The summed E-state index contributed by atoms with van der Waals surface area (Å²) in [7, 11) is -2.94. The van der Waals surface area contributed by atoms with Crippen LogP contribution in [0.5, 0.6) is 0 Å². The van der Waals surface area contributed by atoms with Crippen molar-refractivity contribution >= 4 is 22.6 Å². The van der Waals surface area contributed by atoms with E-state index in [0.717, 1.165) is 19.4 Å². The second-order valence-electron chi connectivity index (χ2n) is 7.09. The summed E-state index contributed by atoms with van der Waals surface area (Å²) in [5.41, 5.74) is 0.663. The zero-order valence-corrected chi connectivity index (χ0v) is 16.7. The summed E-state index contributed by atoms with van der Waals surface area (Å²) in [6.07, 6.45) is 3.71. The van der Waals surface area contributed by atoms with Crippen molar-refractivity contribution in [1.82, 2.24) is 0 Å². The first-order chi connectivity index (χ1) is 9.51. The van der Waals surface area contributed by atoms with Gasteiger partial charge in [-0.1, -0.05) is 6.08 Å². The fraction of sp³-hybridized carbons (Fsp3) is 0.800. The van der Waals surface area contributed by atoms with E-state index in [0.29, 0.717) is 18.8 Å². The molecule has 0 rings (SSSR count). The molecule has 6 heteroatoms. The highest BCUT2D eigenvalue weighted by atomic mass is 28.4. The van der Waals surface area contributed by atoms with Gasteiger partial charge in [0.25, 0.3) is 0 Å². The van der Waals surface area contributed by atoms with Gasteiger partial charge in [0, 0.05) is 12.2 Å². The van der Waals surface area contributed by atoms with Crippen LogP contribution in [0.2, 0.25) is 39.3 Å². The quantitative estimate of drug-likeness (QED) is 0.263. The van der Waals surface area contributed by atoms with Gasteiger partial charge in [-0.15, -0.1) is 0 Å². The van der Waals surface area contributed by atoms with Crippen molar-refractivity contribution in [2.24, 2.45) is 0 Å². The summed E-state index contributed by atoms with van der Waals surface area (Å²) in [5, 5.41) is 0. The topological polar surface area (TPSA) is 44.8 Å². The maximum absolute atomic E-state index is 11.7. The van der Waals surface area contributed by atoms with Gasteiger partial charge in [0.05, 0.1) is 6.61 Å². The minimum Gasteiger partial charge on any atom is -0.460 e. The zero-order valence-electron chi connectivity index (χ0n) is 14.7. The molecule has 21 heavy (non-hydrogen) atoms. The van der Waals surface area contributed by atoms with E-state index in [1.807, 2.05) is 6.08 Å². The third kappa shape index (κ3) is 14.3. The van der Waals surface area contributed by atoms with Gasteiger partial charge < -0.3 is 13.6 Å². The summed E-state index contributed by atoms with van der Waals surface area (Å²) in [6, 6.07) is 0. The molecule has 0 atom stereocenters. The predicted octanol–water partition coefficient (Wildman–Crippen LogP) is 3.96. The standard InChI is InChI=1S/C15H32O4Si2/c1-14(10-8-9-11-18-20(2,3)4)15(16)17-12-13-19-21(5,6)7/h10H,8-9,11-13H2,1-7H3. The lowest BCUT2D eigenvalue weighted by Crippen LogP contribution is -2.27. The molecule has 124 valence electrons. The number of esters is 1. The van der Waals surface area contributed by atoms with Crippen LogP contribution in [0.3, 0.4) is 0 Å². The van der Waals surface area contributed by atoms with Gasteiger partial charge in [0.2, 0.25) is 0 Å². The van der Waals surface area contributed by atoms with E-state index in [2.05, 4.69) is 39.3 Å². The van der Waals surface area contributed by atoms with Gasteiger partial charge in [-0.05, 0) is 59.0 Å². The molecule has 0 heterocycles. The lowest BCUT2D eigenvalue weighted by molar-refractivity contribution is -0.139.